The number of carbonyl (C=O) groups excluding carboxylic acids is 2. The second-order valence-electron chi connectivity index (χ2n) is 4.34. The maximum absolute atomic E-state index is 12.4. The topological polar surface area (TPSA) is 124 Å². The van der Waals surface area contributed by atoms with Gasteiger partial charge >= 0.3 is 0 Å². The molecular formula is C12H14N2O6S. The fraction of sp³-hybridized carbons (Fsp3) is 0.333. The summed E-state index contributed by atoms with van der Waals surface area (Å²) in [5.41, 5.74) is 0.258. The summed E-state index contributed by atoms with van der Waals surface area (Å²) >= 11 is 0. The Morgan fingerprint density at radius 2 is 1.71 bits per heavy atom. The van der Waals surface area contributed by atoms with Crippen LogP contribution in [0, 0.1) is 0 Å². The van der Waals surface area contributed by atoms with Gasteiger partial charge in [0.15, 0.2) is 0 Å². The molecule has 0 unspecified atom stereocenters. The summed E-state index contributed by atoms with van der Waals surface area (Å²) < 4.78 is 25.7. The highest BCUT2D eigenvalue weighted by Gasteiger charge is 2.31. The van der Waals surface area contributed by atoms with Gasteiger partial charge in [0.2, 0.25) is 10.0 Å². The molecule has 0 aromatic heterocycles. The molecule has 0 atom stereocenters. The fourth-order valence-corrected chi connectivity index (χ4v) is 3.46. The molecule has 1 aromatic rings. The summed E-state index contributed by atoms with van der Waals surface area (Å²) in [4.78, 5) is 22.7. The van der Waals surface area contributed by atoms with Crippen LogP contribution in [-0.2, 0) is 14.8 Å². The molecule has 1 aromatic carbocycles. The molecule has 1 amide bonds. The van der Waals surface area contributed by atoms with Gasteiger partial charge in [0.25, 0.3) is 11.7 Å². The van der Waals surface area contributed by atoms with Crippen LogP contribution >= 0.6 is 0 Å². The summed E-state index contributed by atoms with van der Waals surface area (Å²) in [6, 6.07) is 3.71. The van der Waals surface area contributed by atoms with Gasteiger partial charge in [0.1, 0.15) is 0 Å². The lowest BCUT2D eigenvalue weighted by molar-refractivity contribution is -0.112. The average Bonchev–Trinajstić information content (AvgIpc) is 2.73. The Labute approximate surface area is 121 Å². The molecule has 2 rings (SSSR count). The molecule has 8 nitrogen and oxygen atoms in total. The van der Waals surface area contributed by atoms with Crippen molar-refractivity contribution in [2.45, 2.75) is 4.90 Å². The quantitative estimate of drug-likeness (QED) is 0.566. The van der Waals surface area contributed by atoms with Crippen LogP contribution in [0.5, 0.6) is 0 Å². The van der Waals surface area contributed by atoms with E-state index in [1.807, 2.05) is 0 Å². The number of hydrogen-bond donors (Lipinski definition) is 3. The molecule has 114 valence electrons. The van der Waals surface area contributed by atoms with E-state index in [9.17, 15) is 18.0 Å². The molecule has 0 aliphatic carbocycles. The van der Waals surface area contributed by atoms with Crippen molar-refractivity contribution in [2.24, 2.45) is 0 Å². The number of hydrogen-bond acceptors (Lipinski definition) is 6. The zero-order valence-electron chi connectivity index (χ0n) is 10.9. The van der Waals surface area contributed by atoms with Crippen molar-refractivity contribution >= 4 is 27.4 Å². The lowest BCUT2D eigenvalue weighted by Crippen LogP contribution is -2.35. The maximum Gasteiger partial charge on any atom is 0.296 e. The van der Waals surface area contributed by atoms with E-state index in [2.05, 4.69) is 5.32 Å². The summed E-state index contributed by atoms with van der Waals surface area (Å²) in [5, 5.41) is 20.1. The second-order valence-corrected chi connectivity index (χ2v) is 6.28. The SMILES string of the molecule is O=C1Nc2ccc(S(=O)(=O)N(CCO)CCO)cc2C1=O. The Bertz CT molecular complexity index is 679. The maximum atomic E-state index is 12.4. The Hall–Kier alpha value is -1.81. The molecule has 0 saturated heterocycles. The van der Waals surface area contributed by atoms with E-state index in [1.165, 1.54) is 12.1 Å². The van der Waals surface area contributed by atoms with E-state index >= 15 is 0 Å². The molecule has 0 radical (unpaired) electrons. The first kappa shape index (κ1) is 15.6. The minimum atomic E-state index is -3.97. The van der Waals surface area contributed by atoms with Gasteiger partial charge in [-0.25, -0.2) is 8.42 Å². The first-order chi connectivity index (χ1) is 9.91. The number of nitrogens with zero attached hydrogens (tertiary/aromatic N) is 1. The third-order valence-electron chi connectivity index (χ3n) is 3.03. The Balaban J connectivity index is 2.42. The van der Waals surface area contributed by atoms with Gasteiger partial charge in [-0.1, -0.05) is 0 Å². The normalized spacial score (nSPS) is 14.4. The molecule has 1 heterocycles. The van der Waals surface area contributed by atoms with Crippen molar-refractivity contribution in [2.75, 3.05) is 31.6 Å². The summed E-state index contributed by atoms with van der Waals surface area (Å²) in [6.45, 7) is -1.15. The molecule has 9 heteroatoms. The first-order valence-corrected chi connectivity index (χ1v) is 7.57. The van der Waals surface area contributed by atoms with Crippen LogP contribution in [0.4, 0.5) is 5.69 Å². The number of benzene rings is 1. The molecule has 1 aliphatic rings. The van der Waals surface area contributed by atoms with E-state index in [4.69, 9.17) is 10.2 Å². The third kappa shape index (κ3) is 2.81. The minimum Gasteiger partial charge on any atom is -0.395 e. The van der Waals surface area contributed by atoms with Crippen LogP contribution in [0.3, 0.4) is 0 Å². The first-order valence-electron chi connectivity index (χ1n) is 6.13. The third-order valence-corrected chi connectivity index (χ3v) is 4.92. The van der Waals surface area contributed by atoms with Gasteiger partial charge in [0.05, 0.1) is 29.4 Å². The monoisotopic (exact) mass is 314 g/mol. The Kier molecular flexibility index (Phi) is 4.37. The predicted molar refractivity (Wildman–Crippen MR) is 72.3 cm³/mol. The molecule has 0 fully saturated rings. The molecule has 0 saturated carbocycles. The standard InChI is InChI=1S/C12H14N2O6S/c15-5-3-14(4-6-16)21(19,20)8-1-2-10-9(7-8)11(17)12(18)13-10/h1-2,7,15-16H,3-6H2,(H,13,17,18). The van der Waals surface area contributed by atoms with Crippen molar-refractivity contribution in [3.05, 3.63) is 23.8 Å². The number of Topliss-reactive ketones (excluding diaryl/α,β-unsaturated/α-hetero) is 1. The van der Waals surface area contributed by atoms with Gasteiger partial charge in [-0.2, -0.15) is 4.31 Å². The predicted octanol–water partition coefficient (Wildman–Crippen LogP) is -1.20. The minimum absolute atomic E-state index is 0.00554. The largest absolute Gasteiger partial charge is 0.395 e. The van der Waals surface area contributed by atoms with E-state index in [1.54, 1.807) is 0 Å². The summed E-state index contributed by atoms with van der Waals surface area (Å²) in [7, 11) is -3.97. The Morgan fingerprint density at radius 3 is 2.29 bits per heavy atom. The van der Waals surface area contributed by atoms with Gasteiger partial charge < -0.3 is 15.5 Å². The highest BCUT2D eigenvalue weighted by atomic mass is 32.2. The van der Waals surface area contributed by atoms with Crippen LogP contribution in [0.15, 0.2) is 23.1 Å². The number of anilines is 1. The zero-order valence-corrected chi connectivity index (χ0v) is 11.8. The van der Waals surface area contributed by atoms with E-state index in [0.717, 1.165) is 10.4 Å². The molecular weight excluding hydrogens is 300 g/mol. The van der Waals surface area contributed by atoms with Crippen molar-refractivity contribution < 1.29 is 28.2 Å². The van der Waals surface area contributed by atoms with E-state index in [0.29, 0.717) is 0 Å². The lowest BCUT2D eigenvalue weighted by atomic mass is 10.1. The smallest absolute Gasteiger partial charge is 0.296 e. The number of nitrogens with one attached hydrogen (secondary N) is 1. The van der Waals surface area contributed by atoms with Gasteiger partial charge in [-0.3, -0.25) is 9.59 Å². The van der Waals surface area contributed by atoms with Gasteiger partial charge in [-0.15, -0.1) is 0 Å². The number of aliphatic hydroxyl groups excluding tert-OH is 2. The molecule has 0 spiro atoms. The number of carbonyl (C=O) groups is 2. The number of fused-ring (bicyclic) bond motifs is 1. The molecule has 1 aliphatic heterocycles. The average molecular weight is 314 g/mol. The summed E-state index contributed by atoms with van der Waals surface area (Å²) in [6.07, 6.45) is 0. The Morgan fingerprint density at radius 1 is 1.10 bits per heavy atom. The molecule has 21 heavy (non-hydrogen) atoms. The van der Waals surface area contributed by atoms with Crippen LogP contribution < -0.4 is 5.32 Å². The number of amides is 1. The highest BCUT2D eigenvalue weighted by molar-refractivity contribution is 7.89. The van der Waals surface area contributed by atoms with Crippen LogP contribution in [-0.4, -0.2) is 60.9 Å². The van der Waals surface area contributed by atoms with Crippen LogP contribution in [0.1, 0.15) is 10.4 Å². The highest BCUT2D eigenvalue weighted by Crippen LogP contribution is 2.27. The van der Waals surface area contributed by atoms with E-state index in [-0.39, 0.29) is 29.2 Å². The number of aliphatic hydroxyl groups is 2. The molecule has 3 N–H and O–H groups in total. The van der Waals surface area contributed by atoms with Crippen molar-refractivity contribution in [3.63, 3.8) is 0 Å². The molecule has 0 bridgehead atoms. The number of rotatable bonds is 6. The fourth-order valence-electron chi connectivity index (χ4n) is 2.01. The van der Waals surface area contributed by atoms with Gasteiger partial charge in [0, 0.05) is 13.1 Å². The lowest BCUT2D eigenvalue weighted by Gasteiger charge is -2.20. The van der Waals surface area contributed by atoms with Crippen molar-refractivity contribution in [3.8, 4) is 0 Å². The van der Waals surface area contributed by atoms with Gasteiger partial charge in [-0.05, 0) is 18.2 Å². The number of sulfonamides is 1. The zero-order chi connectivity index (χ0) is 15.6. The number of ketones is 1. The second kappa shape index (κ2) is 5.90. The van der Waals surface area contributed by atoms with Crippen molar-refractivity contribution in [1.29, 1.82) is 0 Å². The van der Waals surface area contributed by atoms with Crippen LogP contribution in [0.2, 0.25) is 0 Å². The summed E-state index contributed by atoms with van der Waals surface area (Å²) in [5.74, 6) is -1.60. The van der Waals surface area contributed by atoms with E-state index < -0.39 is 34.9 Å². The van der Waals surface area contributed by atoms with Crippen molar-refractivity contribution in [1.82, 2.24) is 4.31 Å². The van der Waals surface area contributed by atoms with Crippen LogP contribution in [0.25, 0.3) is 0 Å².